The molecule has 1 amide bonds. The van der Waals surface area contributed by atoms with Crippen LogP contribution in [0.4, 0.5) is 8.78 Å². The first kappa shape index (κ1) is 19.7. The zero-order chi connectivity index (χ0) is 21.9. The summed E-state index contributed by atoms with van der Waals surface area (Å²) >= 11 is 0. The highest BCUT2D eigenvalue weighted by Crippen LogP contribution is 2.55. The van der Waals surface area contributed by atoms with Gasteiger partial charge in [-0.2, -0.15) is 5.10 Å². The molecule has 5 rings (SSSR count). The fourth-order valence-electron chi connectivity index (χ4n) is 4.99. The third-order valence-corrected chi connectivity index (χ3v) is 6.54. The van der Waals surface area contributed by atoms with Crippen molar-refractivity contribution in [2.75, 3.05) is 13.1 Å². The van der Waals surface area contributed by atoms with Crippen molar-refractivity contribution in [2.24, 2.45) is 5.41 Å². The van der Waals surface area contributed by atoms with E-state index >= 15 is 0 Å². The maximum Gasteiger partial charge on any atom is 0.257 e. The number of aromatic nitrogens is 2. The number of hydrogen-bond acceptors (Lipinski definition) is 3. The molecular weight excluding hydrogens is 400 g/mol. The van der Waals surface area contributed by atoms with E-state index in [1.807, 2.05) is 24.6 Å². The number of amides is 1. The normalized spacial score (nSPS) is 17.5. The van der Waals surface area contributed by atoms with Crippen LogP contribution < -0.4 is 0 Å². The van der Waals surface area contributed by atoms with Gasteiger partial charge in [0.1, 0.15) is 17.4 Å². The molecule has 160 valence electrons. The van der Waals surface area contributed by atoms with E-state index in [4.69, 9.17) is 0 Å². The van der Waals surface area contributed by atoms with Crippen LogP contribution in [-0.2, 0) is 0 Å². The summed E-state index contributed by atoms with van der Waals surface area (Å²) in [7, 11) is 0. The first-order valence-corrected chi connectivity index (χ1v) is 10.4. The number of carbonyl (C=O) groups is 1. The summed E-state index contributed by atoms with van der Waals surface area (Å²) in [5, 5.41) is 14.2. The van der Waals surface area contributed by atoms with Crippen LogP contribution in [0.1, 0.15) is 40.5 Å². The number of nitrogens with zero attached hydrogens (tertiary/aromatic N) is 3. The molecule has 1 spiro atoms. The fourth-order valence-corrected chi connectivity index (χ4v) is 4.99. The van der Waals surface area contributed by atoms with Gasteiger partial charge in [0, 0.05) is 24.1 Å². The molecule has 0 bridgehead atoms. The summed E-state index contributed by atoms with van der Waals surface area (Å²) in [6.07, 6.45) is 1.73. The monoisotopic (exact) mass is 423 g/mol. The lowest BCUT2D eigenvalue weighted by atomic mass is 9.60. The van der Waals surface area contributed by atoms with Crippen LogP contribution in [0.2, 0.25) is 0 Å². The summed E-state index contributed by atoms with van der Waals surface area (Å²) in [6, 6.07) is 10.4. The number of aryl methyl sites for hydroxylation is 2. The maximum absolute atomic E-state index is 14.0. The minimum Gasteiger partial charge on any atom is -0.508 e. The van der Waals surface area contributed by atoms with Crippen molar-refractivity contribution in [3.8, 4) is 17.0 Å². The zero-order valence-corrected chi connectivity index (χ0v) is 17.4. The molecule has 1 saturated heterocycles. The van der Waals surface area contributed by atoms with Gasteiger partial charge in [0.25, 0.3) is 5.91 Å². The largest absolute Gasteiger partial charge is 0.508 e. The van der Waals surface area contributed by atoms with Gasteiger partial charge in [-0.1, -0.05) is 6.07 Å². The molecule has 5 nitrogen and oxygen atoms in total. The second-order valence-electron chi connectivity index (χ2n) is 8.96. The number of phenols is 1. The van der Waals surface area contributed by atoms with Gasteiger partial charge in [0.2, 0.25) is 0 Å². The van der Waals surface area contributed by atoms with Gasteiger partial charge < -0.3 is 10.0 Å². The Morgan fingerprint density at radius 1 is 1.10 bits per heavy atom. The smallest absolute Gasteiger partial charge is 0.257 e. The molecule has 1 saturated carbocycles. The number of halogens is 2. The van der Waals surface area contributed by atoms with Gasteiger partial charge in [-0.15, -0.1) is 0 Å². The average molecular weight is 423 g/mol. The van der Waals surface area contributed by atoms with E-state index in [1.54, 1.807) is 17.0 Å². The van der Waals surface area contributed by atoms with E-state index in [0.717, 1.165) is 41.4 Å². The zero-order valence-electron chi connectivity index (χ0n) is 17.4. The number of benzene rings is 2. The van der Waals surface area contributed by atoms with Gasteiger partial charge >= 0.3 is 0 Å². The third-order valence-electron chi connectivity index (χ3n) is 6.54. The van der Waals surface area contributed by atoms with Crippen molar-refractivity contribution in [3.63, 3.8) is 0 Å². The van der Waals surface area contributed by atoms with Crippen LogP contribution in [0.25, 0.3) is 11.3 Å². The molecule has 2 aromatic carbocycles. The molecule has 0 atom stereocenters. The van der Waals surface area contributed by atoms with Crippen molar-refractivity contribution in [3.05, 3.63) is 70.9 Å². The number of aromatic hydroxyl groups is 1. The van der Waals surface area contributed by atoms with Crippen molar-refractivity contribution >= 4 is 5.91 Å². The van der Waals surface area contributed by atoms with E-state index in [1.165, 1.54) is 18.2 Å². The molecule has 1 aliphatic carbocycles. The van der Waals surface area contributed by atoms with Gasteiger partial charge in [-0.3, -0.25) is 9.48 Å². The van der Waals surface area contributed by atoms with Crippen LogP contribution in [0, 0.1) is 30.9 Å². The van der Waals surface area contributed by atoms with Crippen LogP contribution >= 0.6 is 0 Å². The average Bonchev–Trinajstić information content (AvgIpc) is 3.04. The van der Waals surface area contributed by atoms with E-state index in [-0.39, 0.29) is 28.6 Å². The van der Waals surface area contributed by atoms with E-state index in [9.17, 15) is 18.7 Å². The maximum atomic E-state index is 14.0. The SMILES string of the molecule is Cc1cc(-c2cc(F)ccc2C)n(C2CC3(C2)CN(C(=O)c2cc(O)ccc2F)C3)n1. The summed E-state index contributed by atoms with van der Waals surface area (Å²) in [5.74, 6) is -1.42. The predicted molar refractivity (Wildman–Crippen MR) is 112 cm³/mol. The third kappa shape index (κ3) is 3.28. The highest BCUT2D eigenvalue weighted by molar-refractivity contribution is 5.95. The lowest BCUT2D eigenvalue weighted by Gasteiger charge is -2.59. The second-order valence-corrected chi connectivity index (χ2v) is 8.96. The van der Waals surface area contributed by atoms with Crippen molar-refractivity contribution in [2.45, 2.75) is 32.7 Å². The van der Waals surface area contributed by atoms with Crippen LogP contribution in [0.15, 0.2) is 42.5 Å². The molecule has 0 radical (unpaired) electrons. The van der Waals surface area contributed by atoms with Crippen molar-refractivity contribution in [1.82, 2.24) is 14.7 Å². The molecular formula is C24H23F2N3O2. The Labute approximate surface area is 178 Å². The Morgan fingerprint density at radius 2 is 1.84 bits per heavy atom. The second kappa shape index (κ2) is 6.90. The molecule has 2 fully saturated rings. The van der Waals surface area contributed by atoms with Gasteiger partial charge in [-0.05, 0) is 68.7 Å². The Balaban J connectivity index is 1.30. The van der Waals surface area contributed by atoms with Crippen LogP contribution in [0.3, 0.4) is 0 Å². The summed E-state index contributed by atoms with van der Waals surface area (Å²) in [5.41, 5.74) is 3.53. The Morgan fingerprint density at radius 3 is 2.58 bits per heavy atom. The van der Waals surface area contributed by atoms with E-state index < -0.39 is 11.7 Å². The number of likely N-dealkylation sites (tertiary alicyclic amines) is 1. The minimum atomic E-state index is -0.627. The van der Waals surface area contributed by atoms with Gasteiger partial charge in [-0.25, -0.2) is 8.78 Å². The molecule has 1 aromatic heterocycles. The highest BCUT2D eigenvalue weighted by Gasteiger charge is 2.55. The molecule has 7 heteroatoms. The minimum absolute atomic E-state index is 0.0156. The highest BCUT2D eigenvalue weighted by atomic mass is 19.1. The van der Waals surface area contributed by atoms with Gasteiger partial charge in [0.05, 0.1) is 23.0 Å². The molecule has 1 aliphatic heterocycles. The molecule has 1 N–H and O–H groups in total. The first-order chi connectivity index (χ1) is 14.7. The van der Waals surface area contributed by atoms with Crippen molar-refractivity contribution < 1.29 is 18.7 Å². The first-order valence-electron chi connectivity index (χ1n) is 10.4. The molecule has 31 heavy (non-hydrogen) atoms. The number of rotatable bonds is 3. The lowest BCUT2D eigenvalue weighted by molar-refractivity contribution is -0.0736. The number of carbonyl (C=O) groups excluding carboxylic acids is 1. The Kier molecular flexibility index (Phi) is 4.39. The Bertz CT molecular complexity index is 1190. The summed E-state index contributed by atoms with van der Waals surface area (Å²) < 4.78 is 29.8. The molecule has 0 unspecified atom stereocenters. The fraction of sp³-hybridized carbons (Fsp3) is 0.333. The number of phenolic OH excluding ortho intramolecular Hbond substituents is 1. The van der Waals surface area contributed by atoms with E-state index in [2.05, 4.69) is 5.10 Å². The van der Waals surface area contributed by atoms with Crippen molar-refractivity contribution in [1.29, 1.82) is 0 Å². The topological polar surface area (TPSA) is 58.4 Å². The molecule has 3 aromatic rings. The molecule has 2 aliphatic rings. The van der Waals surface area contributed by atoms with Crippen LogP contribution in [0.5, 0.6) is 5.75 Å². The van der Waals surface area contributed by atoms with E-state index in [0.29, 0.717) is 13.1 Å². The summed E-state index contributed by atoms with van der Waals surface area (Å²) in [6.45, 7) is 5.01. The molecule has 2 heterocycles. The quantitative estimate of drug-likeness (QED) is 0.668. The van der Waals surface area contributed by atoms with Crippen LogP contribution in [-0.4, -0.2) is 38.8 Å². The predicted octanol–water partition coefficient (Wildman–Crippen LogP) is 4.63. The number of hydrogen-bond donors (Lipinski definition) is 1. The lowest BCUT2D eigenvalue weighted by Crippen LogP contribution is -2.64. The Hall–Kier alpha value is -3.22. The summed E-state index contributed by atoms with van der Waals surface area (Å²) in [4.78, 5) is 14.2. The van der Waals surface area contributed by atoms with Gasteiger partial charge in [0.15, 0.2) is 0 Å². The standard InChI is InChI=1S/C24H23F2N3O2/c1-14-3-4-16(25)8-19(14)22-7-15(2)27-29(22)17-10-24(11-17)12-28(13-24)23(31)20-9-18(30)5-6-21(20)26/h3-9,17,30H,10-13H2,1-2H3.